The highest BCUT2D eigenvalue weighted by molar-refractivity contribution is 5.97. The van der Waals surface area contributed by atoms with Crippen molar-refractivity contribution in [3.05, 3.63) is 36.4 Å². The molecule has 1 heterocycles. The van der Waals surface area contributed by atoms with Gasteiger partial charge in [-0.2, -0.15) is 0 Å². The lowest BCUT2D eigenvalue weighted by Crippen LogP contribution is -1.83. The van der Waals surface area contributed by atoms with E-state index in [-0.39, 0.29) is 17.7 Å². The van der Waals surface area contributed by atoms with Crippen LogP contribution in [0.3, 0.4) is 0 Å². The first kappa shape index (κ1) is 9.65. The van der Waals surface area contributed by atoms with E-state index in [0.717, 1.165) is 10.8 Å². The monoisotopic (exact) mass is 227 g/mol. The molecule has 5 nitrogen and oxygen atoms in total. The fraction of sp³-hybridized carbons (Fsp3) is 0. The second kappa shape index (κ2) is 3.48. The fourth-order valence-corrected chi connectivity index (χ4v) is 1.82. The minimum absolute atomic E-state index is 0.0210. The quantitative estimate of drug-likeness (QED) is 0.665. The number of phenolic OH excluding ortho intramolecular Hbond substituents is 1. The molecule has 84 valence electrons. The highest BCUT2D eigenvalue weighted by atomic mass is 16.4. The number of nitrogens with zero attached hydrogens (tertiary/aromatic N) is 2. The molecule has 0 aliphatic carbocycles. The Hall–Kier alpha value is -2.56. The van der Waals surface area contributed by atoms with E-state index < -0.39 is 0 Å². The summed E-state index contributed by atoms with van der Waals surface area (Å²) >= 11 is 0. The highest BCUT2D eigenvalue weighted by Gasteiger charge is 2.14. The van der Waals surface area contributed by atoms with Gasteiger partial charge in [-0.3, -0.25) is 0 Å². The summed E-state index contributed by atoms with van der Waals surface area (Å²) in [6, 6.07) is 11.0. The molecule has 0 aliphatic rings. The first-order valence-corrected chi connectivity index (χ1v) is 5.06. The van der Waals surface area contributed by atoms with Crippen molar-refractivity contribution in [1.29, 1.82) is 0 Å². The van der Waals surface area contributed by atoms with Crippen molar-refractivity contribution < 1.29 is 9.52 Å². The number of anilines is 1. The average molecular weight is 227 g/mol. The number of phenols is 1. The first-order valence-electron chi connectivity index (χ1n) is 5.06. The predicted molar refractivity (Wildman–Crippen MR) is 63.3 cm³/mol. The van der Waals surface area contributed by atoms with Crippen molar-refractivity contribution in [1.82, 2.24) is 10.2 Å². The Morgan fingerprint density at radius 1 is 1.06 bits per heavy atom. The zero-order chi connectivity index (χ0) is 11.8. The van der Waals surface area contributed by atoms with Gasteiger partial charge in [-0.1, -0.05) is 35.4 Å². The number of rotatable bonds is 1. The number of nitrogens with two attached hydrogens (primary N) is 1. The van der Waals surface area contributed by atoms with Gasteiger partial charge in [-0.05, 0) is 16.8 Å². The maximum absolute atomic E-state index is 9.90. The van der Waals surface area contributed by atoms with Gasteiger partial charge in [0.05, 0.1) is 5.56 Å². The van der Waals surface area contributed by atoms with Crippen LogP contribution in [0.5, 0.6) is 5.75 Å². The molecule has 0 saturated heterocycles. The minimum atomic E-state index is -0.0210. The van der Waals surface area contributed by atoms with E-state index in [1.807, 2.05) is 30.3 Å². The molecule has 5 heteroatoms. The highest BCUT2D eigenvalue weighted by Crippen LogP contribution is 2.35. The molecular weight excluding hydrogens is 218 g/mol. The molecule has 0 aliphatic heterocycles. The smallest absolute Gasteiger partial charge is 0.313 e. The summed E-state index contributed by atoms with van der Waals surface area (Å²) < 4.78 is 5.15. The Balaban J connectivity index is 2.38. The molecule has 0 bridgehead atoms. The van der Waals surface area contributed by atoms with Gasteiger partial charge in [-0.15, -0.1) is 5.10 Å². The maximum Gasteiger partial charge on any atom is 0.313 e. The Bertz CT molecular complexity index is 691. The van der Waals surface area contributed by atoms with E-state index in [1.165, 1.54) is 0 Å². The van der Waals surface area contributed by atoms with E-state index >= 15 is 0 Å². The van der Waals surface area contributed by atoms with Crippen molar-refractivity contribution in [2.75, 3.05) is 5.73 Å². The first-order chi connectivity index (χ1) is 8.25. The number of nitrogen functional groups attached to an aromatic ring is 1. The number of aromatic nitrogens is 2. The molecule has 0 spiro atoms. The molecular formula is C12H9N3O2. The van der Waals surface area contributed by atoms with Gasteiger partial charge < -0.3 is 15.3 Å². The Kier molecular flexibility index (Phi) is 1.98. The lowest BCUT2D eigenvalue weighted by Gasteiger charge is -2.04. The fourth-order valence-electron chi connectivity index (χ4n) is 1.82. The minimum Gasteiger partial charge on any atom is -0.507 e. The van der Waals surface area contributed by atoms with Crippen LogP contribution in [0.15, 0.2) is 40.8 Å². The number of benzene rings is 2. The summed E-state index contributed by atoms with van der Waals surface area (Å²) in [6.45, 7) is 0. The zero-order valence-electron chi connectivity index (χ0n) is 8.79. The SMILES string of the molecule is Nc1nnc(-c2c(O)ccc3ccccc23)o1. The molecule has 3 aromatic rings. The van der Waals surface area contributed by atoms with Crippen LogP contribution in [0.2, 0.25) is 0 Å². The normalized spacial score (nSPS) is 10.8. The molecule has 0 amide bonds. The number of fused-ring (bicyclic) bond motifs is 1. The van der Waals surface area contributed by atoms with Crippen LogP contribution in [-0.2, 0) is 0 Å². The van der Waals surface area contributed by atoms with Gasteiger partial charge >= 0.3 is 6.01 Å². The Morgan fingerprint density at radius 2 is 1.88 bits per heavy atom. The molecule has 0 saturated carbocycles. The van der Waals surface area contributed by atoms with Crippen LogP contribution in [0, 0.1) is 0 Å². The van der Waals surface area contributed by atoms with Gasteiger partial charge in [0.1, 0.15) is 5.75 Å². The van der Waals surface area contributed by atoms with Crippen LogP contribution >= 0.6 is 0 Å². The zero-order valence-corrected chi connectivity index (χ0v) is 8.79. The number of hydrogen-bond acceptors (Lipinski definition) is 5. The van der Waals surface area contributed by atoms with Crippen molar-refractivity contribution >= 4 is 16.8 Å². The second-order valence-electron chi connectivity index (χ2n) is 3.63. The molecule has 0 fully saturated rings. The average Bonchev–Trinajstić information content (AvgIpc) is 2.75. The molecule has 3 N–H and O–H groups in total. The van der Waals surface area contributed by atoms with Crippen LogP contribution in [0.1, 0.15) is 0 Å². The summed E-state index contributed by atoms with van der Waals surface area (Å²) in [7, 11) is 0. The summed E-state index contributed by atoms with van der Waals surface area (Å²) in [6.07, 6.45) is 0. The van der Waals surface area contributed by atoms with E-state index in [2.05, 4.69) is 10.2 Å². The third-order valence-electron chi connectivity index (χ3n) is 2.56. The van der Waals surface area contributed by atoms with Gasteiger partial charge in [-0.25, -0.2) is 0 Å². The van der Waals surface area contributed by atoms with Gasteiger partial charge in [0.25, 0.3) is 5.89 Å². The third-order valence-corrected chi connectivity index (χ3v) is 2.56. The Morgan fingerprint density at radius 3 is 2.65 bits per heavy atom. The number of aromatic hydroxyl groups is 1. The Labute approximate surface area is 96.5 Å². The molecule has 17 heavy (non-hydrogen) atoms. The van der Waals surface area contributed by atoms with E-state index in [1.54, 1.807) is 6.07 Å². The molecule has 3 rings (SSSR count). The van der Waals surface area contributed by atoms with Crippen molar-refractivity contribution in [2.24, 2.45) is 0 Å². The van der Waals surface area contributed by atoms with Crippen molar-refractivity contribution in [3.8, 4) is 17.2 Å². The third kappa shape index (κ3) is 1.48. The van der Waals surface area contributed by atoms with Gasteiger partial charge in [0.15, 0.2) is 0 Å². The van der Waals surface area contributed by atoms with Crippen LogP contribution in [-0.4, -0.2) is 15.3 Å². The number of hydrogen-bond donors (Lipinski definition) is 2. The molecule has 0 radical (unpaired) electrons. The summed E-state index contributed by atoms with van der Waals surface area (Å²) in [4.78, 5) is 0. The summed E-state index contributed by atoms with van der Waals surface area (Å²) in [5.41, 5.74) is 5.89. The van der Waals surface area contributed by atoms with Crippen LogP contribution in [0.25, 0.3) is 22.2 Å². The predicted octanol–water partition coefficient (Wildman–Crippen LogP) is 2.18. The topological polar surface area (TPSA) is 85.2 Å². The maximum atomic E-state index is 9.90. The standard InChI is InChI=1S/C12H9N3O2/c13-12-15-14-11(17-12)10-8-4-2-1-3-7(8)5-6-9(10)16/h1-6,16H,(H2,13,15). The van der Waals surface area contributed by atoms with Gasteiger partial charge in [0, 0.05) is 0 Å². The van der Waals surface area contributed by atoms with Crippen molar-refractivity contribution in [3.63, 3.8) is 0 Å². The molecule has 1 aromatic heterocycles. The van der Waals surface area contributed by atoms with E-state index in [9.17, 15) is 5.11 Å². The van der Waals surface area contributed by atoms with Crippen LogP contribution in [0.4, 0.5) is 6.01 Å². The van der Waals surface area contributed by atoms with Crippen LogP contribution < -0.4 is 5.73 Å². The lowest BCUT2D eigenvalue weighted by molar-refractivity contribution is 0.474. The largest absolute Gasteiger partial charge is 0.507 e. The molecule has 2 aromatic carbocycles. The summed E-state index contributed by atoms with van der Waals surface area (Å²) in [5.74, 6) is 0.309. The summed E-state index contributed by atoms with van der Waals surface area (Å²) in [5, 5.41) is 19.1. The lowest BCUT2D eigenvalue weighted by atomic mass is 10.0. The van der Waals surface area contributed by atoms with E-state index in [4.69, 9.17) is 10.2 Å². The second-order valence-corrected chi connectivity index (χ2v) is 3.63. The van der Waals surface area contributed by atoms with Crippen molar-refractivity contribution in [2.45, 2.75) is 0 Å². The molecule has 0 atom stereocenters. The van der Waals surface area contributed by atoms with Gasteiger partial charge in [0.2, 0.25) is 0 Å². The van der Waals surface area contributed by atoms with E-state index in [0.29, 0.717) is 5.56 Å². The molecule has 0 unspecified atom stereocenters.